The molecule has 0 fully saturated rings. The molecule has 1 atom stereocenters. The van der Waals surface area contributed by atoms with Crippen LogP contribution in [0.4, 0.5) is 11.4 Å². The Labute approximate surface area is 142 Å². The van der Waals surface area contributed by atoms with E-state index in [1.165, 1.54) is 5.56 Å². The van der Waals surface area contributed by atoms with Crippen LogP contribution in [0.2, 0.25) is 0 Å². The average molecular weight is 325 g/mol. The molecule has 0 spiro atoms. The fraction of sp³-hybridized carbons (Fsp3) is 0.263. The minimum atomic E-state index is -0.493. The van der Waals surface area contributed by atoms with Crippen molar-refractivity contribution in [2.45, 2.75) is 32.7 Å². The fourth-order valence-electron chi connectivity index (χ4n) is 2.25. The summed E-state index contributed by atoms with van der Waals surface area (Å²) in [4.78, 5) is 23.3. The fourth-order valence-corrected chi connectivity index (χ4v) is 2.25. The maximum absolute atomic E-state index is 12.2. The molecule has 5 nitrogen and oxygen atoms in total. The minimum absolute atomic E-state index is 0.158. The van der Waals surface area contributed by atoms with Crippen LogP contribution < -0.4 is 16.4 Å². The summed E-state index contributed by atoms with van der Waals surface area (Å²) in [5.41, 5.74) is 8.37. The van der Waals surface area contributed by atoms with Gasteiger partial charge in [-0.2, -0.15) is 0 Å². The van der Waals surface area contributed by atoms with E-state index in [0.717, 1.165) is 5.69 Å². The van der Waals surface area contributed by atoms with Crippen molar-refractivity contribution in [1.82, 2.24) is 0 Å². The van der Waals surface area contributed by atoms with Crippen molar-refractivity contribution in [3.8, 4) is 0 Å². The van der Waals surface area contributed by atoms with Gasteiger partial charge in [0, 0.05) is 16.9 Å². The summed E-state index contributed by atoms with van der Waals surface area (Å²) in [6.45, 7) is 6.08. The van der Waals surface area contributed by atoms with Crippen molar-refractivity contribution < 1.29 is 9.59 Å². The molecule has 0 radical (unpaired) electrons. The molecule has 2 amide bonds. The summed E-state index contributed by atoms with van der Waals surface area (Å²) in [7, 11) is 0. The van der Waals surface area contributed by atoms with Crippen LogP contribution in [0.1, 0.15) is 42.6 Å². The van der Waals surface area contributed by atoms with Crippen molar-refractivity contribution in [1.29, 1.82) is 0 Å². The Morgan fingerprint density at radius 1 is 0.875 bits per heavy atom. The predicted molar refractivity (Wildman–Crippen MR) is 97.2 cm³/mol. The van der Waals surface area contributed by atoms with E-state index in [1.807, 2.05) is 12.1 Å². The predicted octanol–water partition coefficient (Wildman–Crippen LogP) is 3.35. The van der Waals surface area contributed by atoms with Gasteiger partial charge >= 0.3 is 0 Å². The maximum atomic E-state index is 12.2. The second-order valence-electron chi connectivity index (χ2n) is 6.07. The smallest absolute Gasteiger partial charge is 0.248 e. The van der Waals surface area contributed by atoms with Crippen LogP contribution in [0.3, 0.4) is 0 Å². The number of hydrogen-bond acceptors (Lipinski definition) is 3. The third kappa shape index (κ3) is 4.59. The topological polar surface area (TPSA) is 84.2 Å². The Balaban J connectivity index is 1.95. The SMILES string of the molecule is CC(Nc1ccc(C(C)C)cc1)C(=O)Nc1ccc(C(N)=O)cc1. The van der Waals surface area contributed by atoms with Crippen molar-refractivity contribution in [2.24, 2.45) is 5.73 Å². The molecule has 0 bridgehead atoms. The third-order valence-electron chi connectivity index (χ3n) is 3.79. The number of nitrogens with one attached hydrogen (secondary N) is 2. The Morgan fingerprint density at radius 3 is 1.92 bits per heavy atom. The number of amides is 2. The van der Waals surface area contributed by atoms with Crippen LogP contribution in [0, 0.1) is 0 Å². The second kappa shape index (κ2) is 7.64. The number of benzene rings is 2. The van der Waals surface area contributed by atoms with Gasteiger partial charge in [-0.3, -0.25) is 9.59 Å². The van der Waals surface area contributed by atoms with E-state index in [-0.39, 0.29) is 5.91 Å². The van der Waals surface area contributed by atoms with Crippen LogP contribution >= 0.6 is 0 Å². The van der Waals surface area contributed by atoms with Gasteiger partial charge in [0.25, 0.3) is 0 Å². The molecular formula is C19H23N3O2. The molecule has 0 aromatic heterocycles. The van der Waals surface area contributed by atoms with E-state index in [9.17, 15) is 9.59 Å². The van der Waals surface area contributed by atoms with Crippen LogP contribution in [0.5, 0.6) is 0 Å². The van der Waals surface area contributed by atoms with E-state index in [4.69, 9.17) is 5.73 Å². The quantitative estimate of drug-likeness (QED) is 0.761. The first-order chi connectivity index (χ1) is 11.4. The molecule has 5 heteroatoms. The summed E-state index contributed by atoms with van der Waals surface area (Å²) in [5, 5.41) is 5.98. The molecule has 1 unspecified atom stereocenters. The highest BCUT2D eigenvalue weighted by molar-refractivity contribution is 5.97. The summed E-state index contributed by atoms with van der Waals surface area (Å²) in [6, 6.07) is 14.1. The van der Waals surface area contributed by atoms with Gasteiger partial charge in [0.1, 0.15) is 6.04 Å². The Kier molecular flexibility index (Phi) is 5.58. The highest BCUT2D eigenvalue weighted by Gasteiger charge is 2.13. The van der Waals surface area contributed by atoms with E-state index in [1.54, 1.807) is 31.2 Å². The van der Waals surface area contributed by atoms with E-state index >= 15 is 0 Å². The lowest BCUT2D eigenvalue weighted by molar-refractivity contribution is -0.116. The number of carbonyl (C=O) groups excluding carboxylic acids is 2. The highest BCUT2D eigenvalue weighted by Crippen LogP contribution is 2.18. The zero-order valence-electron chi connectivity index (χ0n) is 14.2. The third-order valence-corrected chi connectivity index (χ3v) is 3.79. The van der Waals surface area contributed by atoms with Gasteiger partial charge in [-0.15, -0.1) is 0 Å². The van der Waals surface area contributed by atoms with Gasteiger partial charge in [-0.25, -0.2) is 0 Å². The largest absolute Gasteiger partial charge is 0.374 e. The van der Waals surface area contributed by atoms with Crippen LogP contribution in [0.25, 0.3) is 0 Å². The summed E-state index contributed by atoms with van der Waals surface area (Å²) < 4.78 is 0. The van der Waals surface area contributed by atoms with Crippen molar-refractivity contribution in [3.63, 3.8) is 0 Å². The molecular weight excluding hydrogens is 302 g/mol. The Hall–Kier alpha value is -2.82. The zero-order valence-corrected chi connectivity index (χ0v) is 14.2. The minimum Gasteiger partial charge on any atom is -0.374 e. The number of rotatable bonds is 6. The first-order valence-corrected chi connectivity index (χ1v) is 7.94. The molecule has 0 aliphatic carbocycles. The molecule has 2 aromatic rings. The van der Waals surface area contributed by atoms with Gasteiger partial charge in [-0.05, 0) is 54.8 Å². The lowest BCUT2D eigenvalue weighted by Gasteiger charge is -2.16. The Bertz CT molecular complexity index is 706. The molecule has 0 aliphatic heterocycles. The molecule has 0 heterocycles. The Morgan fingerprint density at radius 2 is 1.42 bits per heavy atom. The molecule has 0 aliphatic rings. The number of anilines is 2. The number of hydrogen-bond donors (Lipinski definition) is 3. The molecule has 24 heavy (non-hydrogen) atoms. The van der Waals surface area contributed by atoms with Gasteiger partial charge in [0.2, 0.25) is 11.8 Å². The summed E-state index contributed by atoms with van der Waals surface area (Å²) >= 11 is 0. The highest BCUT2D eigenvalue weighted by atomic mass is 16.2. The summed E-state index contributed by atoms with van der Waals surface area (Å²) in [5.74, 6) is -0.175. The monoisotopic (exact) mass is 325 g/mol. The molecule has 126 valence electrons. The standard InChI is InChI=1S/C19H23N3O2/c1-12(2)14-4-8-16(9-5-14)21-13(3)19(24)22-17-10-6-15(7-11-17)18(20)23/h4-13,21H,1-3H3,(H2,20,23)(H,22,24). The number of nitrogens with two attached hydrogens (primary N) is 1. The first-order valence-electron chi connectivity index (χ1n) is 7.94. The lowest BCUT2D eigenvalue weighted by atomic mass is 10.0. The van der Waals surface area contributed by atoms with Crippen molar-refractivity contribution >= 4 is 23.2 Å². The zero-order chi connectivity index (χ0) is 17.7. The van der Waals surface area contributed by atoms with Crippen LogP contribution in [-0.2, 0) is 4.79 Å². The average Bonchev–Trinajstić information content (AvgIpc) is 2.55. The van der Waals surface area contributed by atoms with Crippen molar-refractivity contribution in [3.05, 3.63) is 59.7 Å². The molecule has 4 N–H and O–H groups in total. The van der Waals surface area contributed by atoms with Gasteiger partial charge < -0.3 is 16.4 Å². The number of primary amides is 1. The van der Waals surface area contributed by atoms with E-state index < -0.39 is 11.9 Å². The van der Waals surface area contributed by atoms with E-state index in [0.29, 0.717) is 17.2 Å². The van der Waals surface area contributed by atoms with Crippen LogP contribution in [0.15, 0.2) is 48.5 Å². The maximum Gasteiger partial charge on any atom is 0.248 e. The second-order valence-corrected chi connectivity index (χ2v) is 6.07. The lowest BCUT2D eigenvalue weighted by Crippen LogP contribution is -2.31. The molecule has 2 rings (SSSR count). The van der Waals surface area contributed by atoms with Gasteiger partial charge in [0.15, 0.2) is 0 Å². The van der Waals surface area contributed by atoms with Gasteiger partial charge in [-0.1, -0.05) is 26.0 Å². The van der Waals surface area contributed by atoms with E-state index in [2.05, 4.69) is 36.6 Å². The molecule has 2 aromatic carbocycles. The van der Waals surface area contributed by atoms with Crippen molar-refractivity contribution in [2.75, 3.05) is 10.6 Å². The van der Waals surface area contributed by atoms with Crippen LogP contribution in [-0.4, -0.2) is 17.9 Å². The van der Waals surface area contributed by atoms with Gasteiger partial charge in [0.05, 0.1) is 0 Å². The summed E-state index contributed by atoms with van der Waals surface area (Å²) in [6.07, 6.45) is 0. The first kappa shape index (κ1) is 17.5. The molecule has 0 saturated carbocycles. The number of carbonyl (C=O) groups is 2. The molecule has 0 saturated heterocycles. The normalized spacial score (nSPS) is 11.8.